The van der Waals surface area contributed by atoms with Crippen molar-refractivity contribution < 1.29 is 13.2 Å². The topological polar surface area (TPSA) is 66.0 Å². The Labute approximate surface area is 113 Å². The molecule has 106 valence electrons. The summed E-state index contributed by atoms with van der Waals surface area (Å²) in [6.07, 6.45) is -3.74. The smallest absolute Gasteiger partial charge is 0.387 e. The molecule has 1 aromatic rings. The highest BCUT2D eigenvalue weighted by Gasteiger charge is 2.31. The Morgan fingerprint density at radius 3 is 2.58 bits per heavy atom. The van der Waals surface area contributed by atoms with Crippen molar-refractivity contribution in [2.75, 3.05) is 18.5 Å². The van der Waals surface area contributed by atoms with Gasteiger partial charge < -0.3 is 10.6 Å². The van der Waals surface area contributed by atoms with Crippen LogP contribution in [0.1, 0.15) is 12.5 Å². The van der Waals surface area contributed by atoms with Gasteiger partial charge in [0.1, 0.15) is 5.82 Å². The van der Waals surface area contributed by atoms with Crippen LogP contribution < -0.4 is 10.6 Å². The molecule has 0 aliphatic heterocycles. The molecule has 1 heterocycles. The van der Waals surface area contributed by atoms with Crippen molar-refractivity contribution >= 4 is 23.3 Å². The molecule has 1 unspecified atom stereocenters. The van der Waals surface area contributed by atoms with Crippen LogP contribution in [0, 0.1) is 11.3 Å². The third-order valence-corrected chi connectivity index (χ3v) is 2.87. The van der Waals surface area contributed by atoms with Crippen LogP contribution in [-0.4, -0.2) is 24.4 Å². The first-order valence-electron chi connectivity index (χ1n) is 5.40. The third kappa shape index (κ3) is 3.99. The average molecular weight is 295 g/mol. The number of halogens is 4. The van der Waals surface area contributed by atoms with E-state index in [1.807, 2.05) is 0 Å². The molecule has 3 N–H and O–H groups in total. The van der Waals surface area contributed by atoms with E-state index in [0.717, 1.165) is 12.3 Å². The maximum Gasteiger partial charge on any atom is 0.417 e. The van der Waals surface area contributed by atoms with Gasteiger partial charge in [-0.2, -0.15) is 13.2 Å². The quantitative estimate of drug-likeness (QED) is 0.663. The van der Waals surface area contributed by atoms with E-state index in [1.165, 1.54) is 0 Å². The first-order valence-corrected chi connectivity index (χ1v) is 5.78. The Balaban J connectivity index is 2.94. The van der Waals surface area contributed by atoms with Gasteiger partial charge in [-0.05, 0) is 6.07 Å². The highest BCUT2D eigenvalue weighted by Crippen LogP contribution is 2.33. The number of nitrogens with two attached hydrogens (primary N) is 1. The van der Waals surface area contributed by atoms with E-state index in [2.05, 4.69) is 4.98 Å². The maximum atomic E-state index is 12.5. The van der Waals surface area contributed by atoms with Gasteiger partial charge in [-0.3, -0.25) is 5.41 Å². The number of alkyl halides is 3. The predicted octanol–water partition coefficient (Wildman–Crippen LogP) is 2.76. The normalized spacial score (nSPS) is 13.2. The number of amidine groups is 1. The first-order chi connectivity index (χ1) is 8.62. The van der Waals surface area contributed by atoms with Crippen molar-refractivity contribution in [3.63, 3.8) is 0 Å². The van der Waals surface area contributed by atoms with Crippen molar-refractivity contribution in [3.8, 4) is 0 Å². The third-order valence-electron chi connectivity index (χ3n) is 2.59. The predicted molar refractivity (Wildman–Crippen MR) is 68.6 cm³/mol. The summed E-state index contributed by atoms with van der Waals surface area (Å²) in [5, 5.41) is 7.19. The summed E-state index contributed by atoms with van der Waals surface area (Å²) in [6.45, 7) is 2.07. The van der Waals surface area contributed by atoms with Crippen molar-refractivity contribution in [2.45, 2.75) is 13.1 Å². The second kappa shape index (κ2) is 5.64. The Morgan fingerprint density at radius 1 is 1.58 bits per heavy atom. The minimum absolute atomic E-state index is 0.00474. The summed E-state index contributed by atoms with van der Waals surface area (Å²) in [5.41, 5.74) is 4.44. The van der Waals surface area contributed by atoms with Crippen molar-refractivity contribution in [1.82, 2.24) is 4.98 Å². The van der Waals surface area contributed by atoms with Gasteiger partial charge >= 0.3 is 6.18 Å². The summed E-state index contributed by atoms with van der Waals surface area (Å²) in [7, 11) is 1.63. The van der Waals surface area contributed by atoms with Gasteiger partial charge in [0, 0.05) is 25.7 Å². The number of nitrogens with one attached hydrogen (secondary N) is 1. The zero-order valence-electron chi connectivity index (χ0n) is 10.4. The second-order valence-corrected chi connectivity index (χ2v) is 4.67. The molecule has 1 aromatic heterocycles. The van der Waals surface area contributed by atoms with Crippen LogP contribution in [-0.2, 0) is 6.18 Å². The number of hydrogen-bond acceptors (Lipinski definition) is 3. The van der Waals surface area contributed by atoms with Gasteiger partial charge in [0.2, 0.25) is 0 Å². The van der Waals surface area contributed by atoms with E-state index in [9.17, 15) is 13.2 Å². The van der Waals surface area contributed by atoms with E-state index in [1.54, 1.807) is 18.9 Å². The molecule has 0 fully saturated rings. The molecular weight excluding hydrogens is 281 g/mol. The number of nitrogens with zero attached hydrogens (tertiary/aromatic N) is 2. The van der Waals surface area contributed by atoms with E-state index in [0.29, 0.717) is 6.54 Å². The summed E-state index contributed by atoms with van der Waals surface area (Å²) < 4.78 is 37.4. The molecule has 19 heavy (non-hydrogen) atoms. The minimum atomic E-state index is -4.47. The Morgan fingerprint density at radius 2 is 2.16 bits per heavy atom. The van der Waals surface area contributed by atoms with Gasteiger partial charge in [-0.15, -0.1) is 0 Å². The van der Waals surface area contributed by atoms with Crippen LogP contribution >= 0.6 is 11.6 Å². The molecule has 8 heteroatoms. The molecule has 0 aromatic carbocycles. The fourth-order valence-corrected chi connectivity index (χ4v) is 1.77. The summed E-state index contributed by atoms with van der Waals surface area (Å²) in [6, 6.07) is 0.832. The molecular formula is C11H14ClF3N4. The van der Waals surface area contributed by atoms with Crippen LogP contribution in [0.15, 0.2) is 12.3 Å². The minimum Gasteiger partial charge on any atom is -0.387 e. The Kier molecular flexibility index (Phi) is 4.62. The molecule has 1 atom stereocenters. The molecule has 0 bridgehead atoms. The lowest BCUT2D eigenvalue weighted by molar-refractivity contribution is -0.137. The van der Waals surface area contributed by atoms with Gasteiger partial charge in [0.05, 0.1) is 16.4 Å². The van der Waals surface area contributed by atoms with Gasteiger partial charge in [0.15, 0.2) is 0 Å². The zero-order valence-corrected chi connectivity index (χ0v) is 11.2. The number of anilines is 1. The lowest BCUT2D eigenvalue weighted by Gasteiger charge is -2.23. The summed E-state index contributed by atoms with van der Waals surface area (Å²) >= 11 is 5.80. The van der Waals surface area contributed by atoms with Crippen LogP contribution in [0.2, 0.25) is 5.02 Å². The molecule has 0 aliphatic rings. The molecule has 0 radical (unpaired) electrons. The molecule has 0 amide bonds. The van der Waals surface area contributed by atoms with Crippen molar-refractivity contribution in [1.29, 1.82) is 5.41 Å². The van der Waals surface area contributed by atoms with E-state index < -0.39 is 11.7 Å². The number of pyridine rings is 1. The average Bonchev–Trinajstić information content (AvgIpc) is 2.27. The molecule has 1 rings (SSSR count). The zero-order chi connectivity index (χ0) is 14.8. The summed E-state index contributed by atoms with van der Waals surface area (Å²) in [4.78, 5) is 5.28. The van der Waals surface area contributed by atoms with Gasteiger partial charge in [0.25, 0.3) is 0 Å². The molecule has 4 nitrogen and oxygen atoms in total. The van der Waals surface area contributed by atoms with E-state index in [4.69, 9.17) is 22.7 Å². The van der Waals surface area contributed by atoms with Gasteiger partial charge in [-0.25, -0.2) is 4.98 Å². The van der Waals surface area contributed by atoms with Crippen molar-refractivity contribution in [2.24, 2.45) is 11.7 Å². The van der Waals surface area contributed by atoms with E-state index >= 15 is 0 Å². The molecule has 0 aliphatic carbocycles. The number of hydrogen-bond donors (Lipinski definition) is 2. The maximum absolute atomic E-state index is 12.5. The monoisotopic (exact) mass is 294 g/mol. The lowest BCUT2D eigenvalue weighted by Crippen LogP contribution is -2.32. The first kappa shape index (κ1) is 15.6. The van der Waals surface area contributed by atoms with Crippen LogP contribution in [0.25, 0.3) is 0 Å². The highest BCUT2D eigenvalue weighted by molar-refractivity contribution is 6.33. The lowest BCUT2D eigenvalue weighted by atomic mass is 10.1. The number of aromatic nitrogens is 1. The van der Waals surface area contributed by atoms with Crippen LogP contribution in [0.4, 0.5) is 19.0 Å². The fraction of sp³-hybridized carbons (Fsp3) is 0.455. The second-order valence-electron chi connectivity index (χ2n) is 4.26. The van der Waals surface area contributed by atoms with E-state index in [-0.39, 0.29) is 22.6 Å². The Bertz CT molecular complexity index is 475. The number of rotatable bonds is 4. The van der Waals surface area contributed by atoms with Gasteiger partial charge in [-0.1, -0.05) is 18.5 Å². The van der Waals surface area contributed by atoms with Crippen LogP contribution in [0.3, 0.4) is 0 Å². The standard InChI is InChI=1S/C11H14ClF3N4/c1-6(9(16)17)5-19(2)10-8(12)3-7(4-18-10)11(13,14)15/h3-4,6H,5H2,1-2H3,(H3,16,17). The molecule has 0 spiro atoms. The van der Waals surface area contributed by atoms with Crippen LogP contribution in [0.5, 0.6) is 0 Å². The Hall–Kier alpha value is -1.50. The van der Waals surface area contributed by atoms with Crippen molar-refractivity contribution in [3.05, 3.63) is 22.8 Å². The molecule has 0 saturated heterocycles. The fourth-order valence-electron chi connectivity index (χ4n) is 1.46. The molecule has 0 saturated carbocycles. The summed E-state index contributed by atoms with van der Waals surface area (Å²) in [5.74, 6) is -0.0252. The SMILES string of the molecule is CC(CN(C)c1ncc(C(F)(F)F)cc1Cl)C(=N)N. The highest BCUT2D eigenvalue weighted by atomic mass is 35.5. The largest absolute Gasteiger partial charge is 0.417 e.